The Morgan fingerprint density at radius 1 is 1.29 bits per heavy atom. The van der Waals surface area contributed by atoms with Crippen molar-refractivity contribution in [1.29, 1.82) is 0 Å². The Morgan fingerprint density at radius 2 is 1.88 bits per heavy atom. The second-order valence-corrected chi connectivity index (χ2v) is 5.43. The molecule has 0 aromatic carbocycles. The van der Waals surface area contributed by atoms with Crippen molar-refractivity contribution in [3.8, 4) is 0 Å². The van der Waals surface area contributed by atoms with Crippen molar-refractivity contribution in [3.05, 3.63) is 0 Å². The fraction of sp³-hybridized carbons (Fsp3) is 0.917. The Balaban J connectivity index is 4.22. The number of aliphatic hydroxyl groups excluding tert-OH is 1. The van der Waals surface area contributed by atoms with E-state index in [0.717, 1.165) is 25.8 Å². The molecule has 0 aromatic heterocycles. The normalized spacial score (nSPS) is 16.9. The number of rotatable bonds is 8. The van der Waals surface area contributed by atoms with Gasteiger partial charge in [0.05, 0.1) is 0 Å². The molecule has 0 rings (SSSR count). The average molecular weight is 245 g/mol. The third-order valence-electron chi connectivity index (χ3n) is 3.55. The smallest absolute Gasteiger partial charge is 0.144 e. The molecular formula is C12H27N3O2. The van der Waals surface area contributed by atoms with Crippen molar-refractivity contribution in [2.75, 3.05) is 13.2 Å². The van der Waals surface area contributed by atoms with Gasteiger partial charge in [-0.3, -0.25) is 0 Å². The minimum Gasteiger partial charge on any atom is -0.409 e. The van der Waals surface area contributed by atoms with Crippen LogP contribution >= 0.6 is 0 Å². The number of nitrogens with one attached hydrogen (secondary N) is 1. The summed E-state index contributed by atoms with van der Waals surface area (Å²) in [5, 5.41) is 24.2. The third-order valence-corrected chi connectivity index (χ3v) is 3.55. The van der Waals surface area contributed by atoms with E-state index in [4.69, 9.17) is 16.0 Å². The number of oxime groups is 1. The van der Waals surface area contributed by atoms with Crippen molar-refractivity contribution in [1.82, 2.24) is 5.32 Å². The van der Waals surface area contributed by atoms with Gasteiger partial charge in [-0.2, -0.15) is 0 Å². The minimum atomic E-state index is -0.324. The van der Waals surface area contributed by atoms with Crippen molar-refractivity contribution in [3.63, 3.8) is 0 Å². The lowest BCUT2D eigenvalue weighted by Crippen LogP contribution is -2.45. The summed E-state index contributed by atoms with van der Waals surface area (Å²) < 4.78 is 0. The quantitative estimate of drug-likeness (QED) is 0.224. The highest BCUT2D eigenvalue weighted by atomic mass is 16.4. The number of nitrogens with two attached hydrogens (primary N) is 1. The molecular weight excluding hydrogens is 218 g/mol. The molecule has 0 bridgehead atoms. The Labute approximate surface area is 104 Å². The number of hydrogen-bond acceptors (Lipinski definition) is 4. The number of aliphatic hydroxyl groups is 1. The van der Waals surface area contributed by atoms with Gasteiger partial charge in [-0.1, -0.05) is 25.9 Å². The molecule has 5 heteroatoms. The summed E-state index contributed by atoms with van der Waals surface area (Å²) in [4.78, 5) is 0. The lowest BCUT2D eigenvalue weighted by atomic mass is 9.87. The summed E-state index contributed by atoms with van der Waals surface area (Å²) in [6, 6.07) is 0. The number of amidine groups is 1. The van der Waals surface area contributed by atoms with Gasteiger partial charge in [0.2, 0.25) is 0 Å². The fourth-order valence-corrected chi connectivity index (χ4v) is 1.58. The molecule has 0 aliphatic heterocycles. The van der Waals surface area contributed by atoms with Crippen LogP contribution in [0.15, 0.2) is 5.16 Å². The van der Waals surface area contributed by atoms with Crippen molar-refractivity contribution in [2.45, 2.75) is 52.5 Å². The SMILES string of the molecule is CCC(C)(CCO)NCCC(C)(C)C(N)=NO. The van der Waals surface area contributed by atoms with Crippen LogP contribution < -0.4 is 11.1 Å². The van der Waals surface area contributed by atoms with Crippen LogP contribution in [0.5, 0.6) is 0 Å². The molecule has 0 heterocycles. The van der Waals surface area contributed by atoms with Gasteiger partial charge in [-0.25, -0.2) is 0 Å². The monoisotopic (exact) mass is 245 g/mol. The van der Waals surface area contributed by atoms with Gasteiger partial charge in [0, 0.05) is 17.6 Å². The molecule has 5 N–H and O–H groups in total. The van der Waals surface area contributed by atoms with Crippen LogP contribution in [-0.4, -0.2) is 34.8 Å². The standard InChI is InChI=1S/C12H27N3O2/c1-5-12(4,7-9-16)14-8-6-11(2,3)10(13)15-17/h14,16-17H,5-9H2,1-4H3,(H2,13,15). The van der Waals surface area contributed by atoms with Gasteiger partial charge in [-0.15, -0.1) is 0 Å². The molecule has 0 aliphatic rings. The first-order valence-electron chi connectivity index (χ1n) is 6.15. The third kappa shape index (κ3) is 5.37. The van der Waals surface area contributed by atoms with E-state index in [0.29, 0.717) is 0 Å². The highest BCUT2D eigenvalue weighted by molar-refractivity contribution is 5.85. The van der Waals surface area contributed by atoms with E-state index in [1.165, 1.54) is 0 Å². The molecule has 0 saturated heterocycles. The van der Waals surface area contributed by atoms with Gasteiger partial charge in [0.25, 0.3) is 0 Å². The maximum Gasteiger partial charge on any atom is 0.144 e. The molecule has 5 nitrogen and oxygen atoms in total. The van der Waals surface area contributed by atoms with E-state index < -0.39 is 0 Å². The van der Waals surface area contributed by atoms with Gasteiger partial charge >= 0.3 is 0 Å². The zero-order valence-corrected chi connectivity index (χ0v) is 11.5. The van der Waals surface area contributed by atoms with Crippen LogP contribution in [0.4, 0.5) is 0 Å². The van der Waals surface area contributed by atoms with Crippen LogP contribution in [0.3, 0.4) is 0 Å². The molecule has 0 fully saturated rings. The van der Waals surface area contributed by atoms with Gasteiger partial charge in [0.15, 0.2) is 0 Å². The Bertz CT molecular complexity index is 254. The first-order valence-corrected chi connectivity index (χ1v) is 6.15. The first kappa shape index (κ1) is 16.2. The highest BCUT2D eigenvalue weighted by Gasteiger charge is 2.25. The van der Waals surface area contributed by atoms with E-state index in [1.807, 2.05) is 13.8 Å². The minimum absolute atomic E-state index is 0.0457. The summed E-state index contributed by atoms with van der Waals surface area (Å²) in [5.41, 5.74) is 5.25. The van der Waals surface area contributed by atoms with Crippen LogP contribution in [0.1, 0.15) is 47.0 Å². The Hall–Kier alpha value is -0.810. The maximum absolute atomic E-state index is 9.01. The maximum atomic E-state index is 9.01. The van der Waals surface area contributed by atoms with Crippen molar-refractivity contribution < 1.29 is 10.3 Å². The molecule has 0 radical (unpaired) electrons. The molecule has 0 saturated carbocycles. The molecule has 0 spiro atoms. The average Bonchev–Trinajstić information content (AvgIpc) is 2.28. The molecule has 0 aliphatic carbocycles. The topological polar surface area (TPSA) is 90.9 Å². The van der Waals surface area contributed by atoms with Crippen LogP contribution in [0.25, 0.3) is 0 Å². The fourth-order valence-electron chi connectivity index (χ4n) is 1.58. The molecule has 1 atom stereocenters. The molecule has 17 heavy (non-hydrogen) atoms. The molecule has 1 unspecified atom stereocenters. The van der Waals surface area contributed by atoms with Crippen molar-refractivity contribution in [2.24, 2.45) is 16.3 Å². The first-order chi connectivity index (χ1) is 7.81. The zero-order valence-electron chi connectivity index (χ0n) is 11.5. The van der Waals surface area contributed by atoms with E-state index >= 15 is 0 Å². The zero-order chi connectivity index (χ0) is 13.5. The molecule has 0 aromatic rings. The van der Waals surface area contributed by atoms with Crippen LogP contribution in [0.2, 0.25) is 0 Å². The van der Waals surface area contributed by atoms with Crippen LogP contribution in [0, 0.1) is 5.41 Å². The summed E-state index contributed by atoms with van der Waals surface area (Å²) in [6.45, 7) is 9.03. The summed E-state index contributed by atoms with van der Waals surface area (Å²) in [6.07, 6.45) is 2.47. The summed E-state index contributed by atoms with van der Waals surface area (Å²) in [7, 11) is 0. The van der Waals surface area contributed by atoms with Crippen LogP contribution in [-0.2, 0) is 0 Å². The van der Waals surface area contributed by atoms with Gasteiger partial charge in [-0.05, 0) is 32.7 Å². The lowest BCUT2D eigenvalue weighted by molar-refractivity contribution is 0.212. The molecule has 102 valence electrons. The second kappa shape index (κ2) is 6.81. The van der Waals surface area contributed by atoms with E-state index in [1.54, 1.807) is 0 Å². The highest BCUT2D eigenvalue weighted by Crippen LogP contribution is 2.21. The second-order valence-electron chi connectivity index (χ2n) is 5.43. The predicted octanol–water partition coefficient (Wildman–Crippen LogP) is 1.29. The summed E-state index contributed by atoms with van der Waals surface area (Å²) in [5.74, 6) is 0.250. The number of hydrogen-bond donors (Lipinski definition) is 4. The van der Waals surface area contributed by atoms with E-state index in [2.05, 4.69) is 24.3 Å². The van der Waals surface area contributed by atoms with Gasteiger partial charge in [0.1, 0.15) is 5.84 Å². The molecule has 0 amide bonds. The number of nitrogens with zero attached hydrogens (tertiary/aromatic N) is 1. The Morgan fingerprint density at radius 3 is 2.29 bits per heavy atom. The van der Waals surface area contributed by atoms with Gasteiger partial charge < -0.3 is 21.4 Å². The van der Waals surface area contributed by atoms with E-state index in [9.17, 15) is 0 Å². The van der Waals surface area contributed by atoms with Crippen molar-refractivity contribution >= 4 is 5.84 Å². The predicted molar refractivity (Wildman–Crippen MR) is 70.2 cm³/mol. The largest absolute Gasteiger partial charge is 0.409 e. The van der Waals surface area contributed by atoms with E-state index in [-0.39, 0.29) is 23.4 Å². The lowest BCUT2D eigenvalue weighted by Gasteiger charge is -2.31. The Kier molecular flexibility index (Phi) is 6.49. The summed E-state index contributed by atoms with van der Waals surface area (Å²) >= 11 is 0.